The van der Waals surface area contributed by atoms with E-state index in [-0.39, 0.29) is 11.9 Å². The average molecular weight is 453 g/mol. The molecule has 0 spiro atoms. The van der Waals surface area contributed by atoms with Crippen LogP contribution in [-0.2, 0) is 5.60 Å². The minimum Gasteiger partial charge on any atom is -0.384 e. The number of primary amides is 1. The SMILES string of the molecule is Cc1cc2cc(NC(=O)c3ccc(C(C)(C)O)nc3)nc(N3CCC(NC(N)=O)CC3)n2n1. The van der Waals surface area contributed by atoms with Gasteiger partial charge in [0.15, 0.2) is 0 Å². The predicted octanol–water partition coefficient (Wildman–Crippen LogP) is 1.55. The van der Waals surface area contributed by atoms with Crippen LogP contribution in [0.1, 0.15) is 48.4 Å². The fraction of sp³-hybridized carbons (Fsp3) is 0.409. The van der Waals surface area contributed by atoms with Crippen molar-refractivity contribution in [1.82, 2.24) is 24.9 Å². The number of pyridine rings is 1. The van der Waals surface area contributed by atoms with Crippen molar-refractivity contribution >= 4 is 29.2 Å². The zero-order chi connectivity index (χ0) is 23.8. The highest BCUT2D eigenvalue weighted by Crippen LogP contribution is 2.24. The van der Waals surface area contributed by atoms with Crippen LogP contribution < -0.4 is 21.3 Å². The molecule has 33 heavy (non-hydrogen) atoms. The van der Waals surface area contributed by atoms with E-state index in [0.29, 0.717) is 36.1 Å². The minimum atomic E-state index is -1.09. The molecule has 0 unspecified atom stereocenters. The molecule has 1 saturated heterocycles. The van der Waals surface area contributed by atoms with E-state index in [1.165, 1.54) is 6.20 Å². The summed E-state index contributed by atoms with van der Waals surface area (Å²) in [5.41, 5.74) is 6.63. The van der Waals surface area contributed by atoms with Gasteiger partial charge in [-0.2, -0.15) is 10.1 Å². The summed E-state index contributed by atoms with van der Waals surface area (Å²) in [6.07, 6.45) is 2.88. The number of piperidine rings is 1. The molecule has 3 amide bonds. The number of hydrogen-bond donors (Lipinski definition) is 4. The van der Waals surface area contributed by atoms with Gasteiger partial charge in [0.05, 0.1) is 22.5 Å². The maximum absolute atomic E-state index is 12.8. The number of nitrogens with one attached hydrogen (secondary N) is 2. The molecule has 11 heteroatoms. The summed E-state index contributed by atoms with van der Waals surface area (Å²) in [6.45, 7) is 6.48. The summed E-state index contributed by atoms with van der Waals surface area (Å²) in [6, 6.07) is 6.43. The third kappa shape index (κ3) is 5.03. The van der Waals surface area contributed by atoms with Crippen LogP contribution in [0.2, 0.25) is 0 Å². The average Bonchev–Trinajstić information content (AvgIpc) is 3.13. The quantitative estimate of drug-likeness (QED) is 0.458. The third-order valence-corrected chi connectivity index (χ3v) is 5.57. The summed E-state index contributed by atoms with van der Waals surface area (Å²) in [5.74, 6) is 0.656. The summed E-state index contributed by atoms with van der Waals surface area (Å²) in [4.78, 5) is 34.9. The molecular formula is C22H28N8O3. The number of hydrogen-bond acceptors (Lipinski definition) is 7. The van der Waals surface area contributed by atoms with Crippen LogP contribution in [-0.4, -0.2) is 55.8 Å². The Morgan fingerprint density at radius 2 is 1.94 bits per heavy atom. The van der Waals surface area contributed by atoms with Gasteiger partial charge in [-0.3, -0.25) is 9.78 Å². The summed E-state index contributed by atoms with van der Waals surface area (Å²) in [7, 11) is 0. The van der Waals surface area contributed by atoms with E-state index >= 15 is 0 Å². The van der Waals surface area contributed by atoms with Crippen LogP contribution in [0.3, 0.4) is 0 Å². The van der Waals surface area contributed by atoms with Crippen molar-refractivity contribution in [3.05, 3.63) is 47.4 Å². The number of aliphatic hydroxyl groups is 1. The summed E-state index contributed by atoms with van der Waals surface area (Å²) < 4.78 is 1.76. The number of nitrogens with zero attached hydrogens (tertiary/aromatic N) is 5. The third-order valence-electron chi connectivity index (χ3n) is 5.57. The van der Waals surface area contributed by atoms with Gasteiger partial charge < -0.3 is 26.4 Å². The van der Waals surface area contributed by atoms with Crippen LogP contribution in [0.4, 0.5) is 16.6 Å². The van der Waals surface area contributed by atoms with E-state index in [0.717, 1.165) is 24.1 Å². The molecular weight excluding hydrogens is 424 g/mol. The predicted molar refractivity (Wildman–Crippen MR) is 123 cm³/mol. The molecule has 5 N–H and O–H groups in total. The molecule has 0 atom stereocenters. The lowest BCUT2D eigenvalue weighted by Gasteiger charge is -2.32. The van der Waals surface area contributed by atoms with Gasteiger partial charge in [0.2, 0.25) is 5.95 Å². The molecule has 0 bridgehead atoms. The van der Waals surface area contributed by atoms with Gasteiger partial charge in [-0.15, -0.1) is 0 Å². The zero-order valence-corrected chi connectivity index (χ0v) is 18.9. The molecule has 0 aliphatic carbocycles. The lowest BCUT2D eigenvalue weighted by molar-refractivity contribution is 0.0737. The van der Waals surface area contributed by atoms with Gasteiger partial charge in [-0.05, 0) is 51.8 Å². The van der Waals surface area contributed by atoms with Crippen molar-refractivity contribution in [2.24, 2.45) is 5.73 Å². The fourth-order valence-electron chi connectivity index (χ4n) is 3.88. The lowest BCUT2D eigenvalue weighted by atomic mass is 10.0. The van der Waals surface area contributed by atoms with Crippen LogP contribution in [0.5, 0.6) is 0 Å². The van der Waals surface area contributed by atoms with Crippen molar-refractivity contribution < 1.29 is 14.7 Å². The Labute approximate surface area is 191 Å². The van der Waals surface area contributed by atoms with E-state index < -0.39 is 11.6 Å². The molecule has 0 aromatic carbocycles. The number of carbonyl (C=O) groups is 2. The van der Waals surface area contributed by atoms with E-state index in [2.05, 4.69) is 30.6 Å². The highest BCUT2D eigenvalue weighted by atomic mass is 16.3. The standard InChI is InChI=1S/C22H28N8O3/c1-13-10-16-11-18(26-19(31)14-4-5-17(24-12-14)22(2,3)33)27-21(30(16)28-13)29-8-6-15(7-9-29)25-20(23)32/h4-5,10-12,15,33H,6-9H2,1-3H3,(H,26,31)(H3,23,25,32). The number of urea groups is 1. The Morgan fingerprint density at radius 1 is 1.21 bits per heavy atom. The topological polar surface area (TPSA) is 151 Å². The van der Waals surface area contributed by atoms with E-state index in [4.69, 9.17) is 5.73 Å². The van der Waals surface area contributed by atoms with Crippen molar-refractivity contribution in [3.8, 4) is 0 Å². The van der Waals surface area contributed by atoms with E-state index in [9.17, 15) is 14.7 Å². The van der Waals surface area contributed by atoms with Crippen molar-refractivity contribution in [2.75, 3.05) is 23.3 Å². The van der Waals surface area contributed by atoms with Gasteiger partial charge in [0.25, 0.3) is 5.91 Å². The zero-order valence-electron chi connectivity index (χ0n) is 18.9. The normalized spacial score (nSPS) is 15.0. The Balaban J connectivity index is 1.56. The number of rotatable bonds is 5. The first-order valence-corrected chi connectivity index (χ1v) is 10.8. The molecule has 0 saturated carbocycles. The van der Waals surface area contributed by atoms with Crippen LogP contribution in [0, 0.1) is 6.92 Å². The Hall–Kier alpha value is -3.73. The second kappa shape index (κ2) is 8.66. The minimum absolute atomic E-state index is 0.0239. The number of aryl methyl sites for hydroxylation is 1. The molecule has 3 aromatic rings. The highest BCUT2D eigenvalue weighted by Gasteiger charge is 2.24. The van der Waals surface area contributed by atoms with Gasteiger partial charge in [-0.1, -0.05) is 0 Å². The second-order valence-electron chi connectivity index (χ2n) is 8.78. The van der Waals surface area contributed by atoms with Crippen LogP contribution in [0.15, 0.2) is 30.5 Å². The maximum atomic E-state index is 12.8. The number of fused-ring (bicyclic) bond motifs is 1. The smallest absolute Gasteiger partial charge is 0.312 e. The maximum Gasteiger partial charge on any atom is 0.312 e. The second-order valence-corrected chi connectivity index (χ2v) is 8.78. The first kappa shape index (κ1) is 22.5. The van der Waals surface area contributed by atoms with E-state index in [1.54, 1.807) is 36.6 Å². The monoisotopic (exact) mass is 452 g/mol. The van der Waals surface area contributed by atoms with Crippen molar-refractivity contribution in [2.45, 2.75) is 45.3 Å². The number of anilines is 2. The fourth-order valence-corrected chi connectivity index (χ4v) is 3.88. The van der Waals surface area contributed by atoms with Gasteiger partial charge in [-0.25, -0.2) is 9.31 Å². The van der Waals surface area contributed by atoms with Crippen molar-refractivity contribution in [1.29, 1.82) is 0 Å². The molecule has 3 aromatic heterocycles. The molecule has 0 radical (unpaired) electrons. The van der Waals surface area contributed by atoms with E-state index in [1.807, 2.05) is 13.0 Å². The molecule has 174 valence electrons. The first-order valence-electron chi connectivity index (χ1n) is 10.8. The number of amides is 3. The summed E-state index contributed by atoms with van der Waals surface area (Å²) in [5, 5.41) is 20.2. The molecule has 1 fully saturated rings. The van der Waals surface area contributed by atoms with Gasteiger partial charge >= 0.3 is 6.03 Å². The van der Waals surface area contributed by atoms with Crippen LogP contribution in [0.25, 0.3) is 5.52 Å². The number of nitrogens with two attached hydrogens (primary N) is 1. The lowest BCUT2D eigenvalue weighted by Crippen LogP contribution is -2.47. The van der Waals surface area contributed by atoms with Crippen LogP contribution >= 0.6 is 0 Å². The number of carbonyl (C=O) groups excluding carboxylic acids is 2. The molecule has 1 aliphatic heterocycles. The molecule has 4 heterocycles. The summed E-state index contributed by atoms with van der Waals surface area (Å²) >= 11 is 0. The first-order chi connectivity index (χ1) is 15.6. The molecule has 1 aliphatic rings. The molecule has 11 nitrogen and oxygen atoms in total. The van der Waals surface area contributed by atoms with Crippen molar-refractivity contribution in [3.63, 3.8) is 0 Å². The molecule has 4 rings (SSSR count). The number of aromatic nitrogens is 4. The highest BCUT2D eigenvalue weighted by molar-refractivity contribution is 6.03. The van der Waals surface area contributed by atoms with Gasteiger partial charge in [0, 0.05) is 31.4 Å². The Bertz CT molecular complexity index is 1170. The Kier molecular flexibility index (Phi) is 5.90. The Morgan fingerprint density at radius 3 is 2.55 bits per heavy atom. The van der Waals surface area contributed by atoms with Gasteiger partial charge in [0.1, 0.15) is 11.4 Å². The largest absolute Gasteiger partial charge is 0.384 e.